The molecule has 1 N–H and O–H groups in total. The van der Waals surface area contributed by atoms with E-state index in [1.54, 1.807) is 10.3 Å². The number of unbranched alkanes of at least 4 members (excludes halogenated alkanes) is 3. The lowest BCUT2D eigenvalue weighted by Gasteiger charge is -2.23. The topological polar surface area (TPSA) is 89.0 Å². The Hall–Kier alpha value is -1.58. The fourth-order valence-electron chi connectivity index (χ4n) is 3.52. The van der Waals surface area contributed by atoms with E-state index in [-0.39, 0.29) is 24.2 Å². The Bertz CT molecular complexity index is 781. The molecule has 0 saturated carbocycles. The van der Waals surface area contributed by atoms with Gasteiger partial charge in [0.1, 0.15) is 6.10 Å². The Kier molecular flexibility index (Phi) is 11.7. The molecule has 1 aliphatic heterocycles. The Balaban J connectivity index is 1.83. The van der Waals surface area contributed by atoms with E-state index in [1.807, 2.05) is 32.9 Å². The van der Waals surface area contributed by atoms with Crippen molar-refractivity contribution in [3.8, 4) is 0 Å². The number of carbonyl (C=O) groups excluding carboxylic acids is 2. The van der Waals surface area contributed by atoms with E-state index in [9.17, 15) is 14.7 Å². The van der Waals surface area contributed by atoms with Crippen molar-refractivity contribution in [3.05, 3.63) is 23.2 Å². The van der Waals surface area contributed by atoms with Crippen molar-refractivity contribution < 1.29 is 24.2 Å². The van der Waals surface area contributed by atoms with Gasteiger partial charge in [-0.2, -0.15) is 0 Å². The predicted molar refractivity (Wildman–Crippen MR) is 133 cm³/mol. The lowest BCUT2D eigenvalue weighted by atomic mass is 9.94. The minimum Gasteiger partial charge on any atom is -0.461 e. The van der Waals surface area contributed by atoms with Gasteiger partial charge in [-0.25, -0.2) is 14.6 Å². The summed E-state index contributed by atoms with van der Waals surface area (Å²) in [5, 5.41) is 12.3. The number of carbonyl (C=O) groups is 2. The van der Waals surface area contributed by atoms with Crippen LogP contribution in [-0.4, -0.2) is 63.7 Å². The smallest absolute Gasteiger partial charge is 0.410 e. The average molecular weight is 499 g/mol. The summed E-state index contributed by atoms with van der Waals surface area (Å²) in [5.74, 6) is 0.248. The summed E-state index contributed by atoms with van der Waals surface area (Å²) in [6, 6.07) is -0.162. The monoisotopic (exact) mass is 498 g/mol. The van der Waals surface area contributed by atoms with Gasteiger partial charge in [-0.3, -0.25) is 4.90 Å². The molecule has 2 heterocycles. The molecule has 9 heteroatoms. The van der Waals surface area contributed by atoms with Crippen molar-refractivity contribution in [2.45, 2.75) is 94.7 Å². The maximum atomic E-state index is 12.3. The van der Waals surface area contributed by atoms with Crippen LogP contribution in [-0.2, 0) is 9.47 Å². The predicted octanol–water partition coefficient (Wildman–Crippen LogP) is 5.68. The molecule has 1 saturated heterocycles. The maximum Gasteiger partial charge on any atom is 0.410 e. The van der Waals surface area contributed by atoms with E-state index < -0.39 is 5.60 Å². The fraction of sp³-hybridized carbons (Fsp3) is 0.708. The van der Waals surface area contributed by atoms with Crippen LogP contribution < -0.4 is 0 Å². The van der Waals surface area contributed by atoms with Gasteiger partial charge in [0.15, 0.2) is 10.0 Å². The van der Waals surface area contributed by atoms with Gasteiger partial charge in [0, 0.05) is 17.7 Å². The van der Waals surface area contributed by atoms with Crippen molar-refractivity contribution in [1.82, 2.24) is 9.88 Å². The van der Waals surface area contributed by atoms with Crippen LogP contribution in [0.15, 0.2) is 21.9 Å². The number of rotatable bonds is 15. The molecule has 0 spiro atoms. The first kappa shape index (κ1) is 27.7. The highest BCUT2D eigenvalue weighted by molar-refractivity contribution is 8.01. The van der Waals surface area contributed by atoms with Crippen LogP contribution >= 0.6 is 23.1 Å². The third-order valence-corrected chi connectivity index (χ3v) is 7.55. The first-order valence-electron chi connectivity index (χ1n) is 11.9. The van der Waals surface area contributed by atoms with Crippen molar-refractivity contribution in [1.29, 1.82) is 0 Å². The van der Waals surface area contributed by atoms with Crippen molar-refractivity contribution in [2.75, 3.05) is 18.9 Å². The Labute approximate surface area is 205 Å². The molecule has 1 aromatic heterocycles. The van der Waals surface area contributed by atoms with Crippen molar-refractivity contribution >= 4 is 35.2 Å². The van der Waals surface area contributed by atoms with E-state index in [2.05, 4.69) is 11.9 Å². The van der Waals surface area contributed by atoms with E-state index in [1.165, 1.54) is 23.1 Å². The molecule has 0 aromatic carbocycles. The number of cyclic esters (lactones) is 1. The van der Waals surface area contributed by atoms with E-state index in [0.29, 0.717) is 31.0 Å². The number of nitrogens with zero attached hydrogens (tertiary/aromatic N) is 2. The SMILES string of the molecule is CCCCCC(C)(O)C/C=C/[C@H]1[C@H](C)OC(=O)N1CCSc1nc(C(=O)OCCCC)cs1. The highest BCUT2D eigenvalue weighted by Gasteiger charge is 2.37. The highest BCUT2D eigenvalue weighted by atomic mass is 32.2. The molecule has 0 bridgehead atoms. The largest absolute Gasteiger partial charge is 0.461 e. The first-order valence-corrected chi connectivity index (χ1v) is 13.8. The highest BCUT2D eigenvalue weighted by Crippen LogP contribution is 2.26. The molecule has 186 valence electrons. The fourth-order valence-corrected chi connectivity index (χ4v) is 5.33. The molecule has 1 fully saturated rings. The number of aromatic nitrogens is 1. The molecule has 1 aliphatic rings. The van der Waals surface area contributed by atoms with Gasteiger partial charge in [0.25, 0.3) is 0 Å². The lowest BCUT2D eigenvalue weighted by Crippen LogP contribution is -2.36. The zero-order chi connectivity index (χ0) is 24.3. The second kappa shape index (κ2) is 14.0. The van der Waals surface area contributed by atoms with Crippen LogP contribution in [0.4, 0.5) is 4.79 Å². The van der Waals surface area contributed by atoms with Crippen LogP contribution in [0.3, 0.4) is 0 Å². The van der Waals surface area contributed by atoms with Crippen LogP contribution in [0.2, 0.25) is 0 Å². The average Bonchev–Trinajstić information content (AvgIpc) is 3.33. The van der Waals surface area contributed by atoms with E-state index >= 15 is 0 Å². The molecule has 1 amide bonds. The summed E-state index contributed by atoms with van der Waals surface area (Å²) >= 11 is 2.91. The lowest BCUT2D eigenvalue weighted by molar-refractivity contribution is 0.0490. The summed E-state index contributed by atoms with van der Waals surface area (Å²) in [4.78, 5) is 30.4. The normalized spacial score (nSPS) is 20.3. The number of esters is 1. The number of thioether (sulfide) groups is 1. The minimum absolute atomic E-state index is 0.162. The summed E-state index contributed by atoms with van der Waals surface area (Å²) in [6.45, 7) is 8.86. The third kappa shape index (κ3) is 9.29. The molecule has 33 heavy (non-hydrogen) atoms. The van der Waals surface area contributed by atoms with Crippen LogP contribution in [0, 0.1) is 0 Å². The van der Waals surface area contributed by atoms with E-state index in [0.717, 1.165) is 42.9 Å². The summed E-state index contributed by atoms with van der Waals surface area (Å²) in [6.07, 6.45) is 9.75. The van der Waals surface area contributed by atoms with Crippen molar-refractivity contribution in [2.24, 2.45) is 0 Å². The minimum atomic E-state index is -0.737. The molecule has 1 unspecified atom stereocenters. The number of ether oxygens (including phenoxy) is 2. The second-order valence-electron chi connectivity index (χ2n) is 8.70. The second-order valence-corrected chi connectivity index (χ2v) is 10.9. The van der Waals surface area contributed by atoms with Gasteiger partial charge in [0.05, 0.1) is 18.2 Å². The number of amides is 1. The van der Waals surface area contributed by atoms with Gasteiger partial charge < -0.3 is 14.6 Å². The molecule has 0 aliphatic carbocycles. The number of thiazole rings is 1. The number of hydrogen-bond acceptors (Lipinski definition) is 8. The molecule has 2 rings (SSSR count). The van der Waals surface area contributed by atoms with Gasteiger partial charge in [-0.15, -0.1) is 11.3 Å². The first-order chi connectivity index (χ1) is 15.8. The van der Waals surface area contributed by atoms with Crippen LogP contribution in [0.5, 0.6) is 0 Å². The van der Waals surface area contributed by atoms with Crippen LogP contribution in [0.1, 0.15) is 83.1 Å². The standard InChI is InChI=1S/C24H38N2O5S2/c1-5-7-9-12-24(4,29)13-10-11-20-18(3)31-23(28)26(20)14-16-32-22-25-19(17-33-22)21(27)30-15-8-6-2/h10-11,17-18,20,29H,5-9,12-16H2,1-4H3/b11-10+/t18-,20-,24?/m0/s1. The van der Waals surface area contributed by atoms with Crippen LogP contribution in [0.25, 0.3) is 0 Å². The molecule has 0 radical (unpaired) electrons. The van der Waals surface area contributed by atoms with Gasteiger partial charge in [0.2, 0.25) is 0 Å². The zero-order valence-corrected chi connectivity index (χ0v) is 21.9. The molecule has 3 atom stereocenters. The molecule has 7 nitrogen and oxygen atoms in total. The summed E-state index contributed by atoms with van der Waals surface area (Å²) in [7, 11) is 0. The molecular formula is C24H38N2O5S2. The number of aliphatic hydroxyl groups is 1. The molecule has 1 aromatic rings. The summed E-state index contributed by atoms with van der Waals surface area (Å²) in [5.41, 5.74) is -0.404. The van der Waals surface area contributed by atoms with E-state index in [4.69, 9.17) is 9.47 Å². The van der Waals surface area contributed by atoms with Gasteiger partial charge in [-0.05, 0) is 33.1 Å². The Morgan fingerprint density at radius 1 is 1.36 bits per heavy atom. The van der Waals surface area contributed by atoms with Crippen molar-refractivity contribution in [3.63, 3.8) is 0 Å². The van der Waals surface area contributed by atoms with Gasteiger partial charge >= 0.3 is 12.1 Å². The zero-order valence-electron chi connectivity index (χ0n) is 20.2. The Morgan fingerprint density at radius 3 is 2.85 bits per heavy atom. The van der Waals surface area contributed by atoms with Gasteiger partial charge in [-0.1, -0.05) is 63.4 Å². The Morgan fingerprint density at radius 2 is 2.12 bits per heavy atom. The maximum absolute atomic E-state index is 12.3. The molecular weight excluding hydrogens is 460 g/mol. The third-order valence-electron chi connectivity index (χ3n) is 5.55. The quantitative estimate of drug-likeness (QED) is 0.144. The number of hydrogen-bond donors (Lipinski definition) is 1. The summed E-state index contributed by atoms with van der Waals surface area (Å²) < 4.78 is 11.4.